The van der Waals surface area contributed by atoms with Crippen molar-refractivity contribution in [2.24, 2.45) is 10.8 Å². The number of carbonyl (C=O) groups is 2. The van der Waals surface area contributed by atoms with Crippen molar-refractivity contribution < 1.29 is 9.59 Å². The summed E-state index contributed by atoms with van der Waals surface area (Å²) in [5.74, 6) is 0. The van der Waals surface area contributed by atoms with Crippen molar-refractivity contribution in [3.8, 4) is 0 Å². The largest absolute Gasteiger partial charge is 0.302 e. The molecule has 0 radical (unpaired) electrons. The Hall–Kier alpha value is 0.590. The number of carbonyl (C=O) groups excluding carboxylic acids is 2. The molecule has 0 saturated carbocycles. The minimum Gasteiger partial charge on any atom is -0.302 e. The topological polar surface area (TPSA) is 34.1 Å². The van der Waals surface area contributed by atoms with E-state index >= 15 is 0 Å². The van der Waals surface area contributed by atoms with Gasteiger partial charge in [0.15, 0.2) is 0 Å². The van der Waals surface area contributed by atoms with E-state index in [0.29, 0.717) is 0 Å². The minimum atomic E-state index is -0.299. The van der Waals surface area contributed by atoms with Gasteiger partial charge in [-0.05, 0) is 35.3 Å². The summed E-state index contributed by atoms with van der Waals surface area (Å²) in [6.07, 6.45) is 13.0. The Morgan fingerprint density at radius 3 is 1.56 bits per heavy atom. The third-order valence-electron chi connectivity index (χ3n) is 5.14. The molecule has 0 rings (SSSR count). The summed E-state index contributed by atoms with van der Waals surface area (Å²) >= 11 is 12.4. The van der Waals surface area contributed by atoms with Crippen LogP contribution in [0, 0.1) is 10.8 Å². The summed E-state index contributed by atoms with van der Waals surface area (Å²) in [7, 11) is 0. The van der Waals surface area contributed by atoms with Crippen molar-refractivity contribution >= 4 is 55.0 Å². The molecule has 148 valence electrons. The van der Waals surface area contributed by atoms with Crippen molar-refractivity contribution in [1.29, 1.82) is 0 Å². The fraction of sp³-hybridized carbons (Fsp3) is 0.900. The third-order valence-corrected chi connectivity index (χ3v) is 8.74. The summed E-state index contributed by atoms with van der Waals surface area (Å²) in [5.41, 5.74) is -0.0350. The molecule has 0 N–H and O–H groups in total. The van der Waals surface area contributed by atoms with E-state index in [-0.39, 0.29) is 25.7 Å². The van der Waals surface area contributed by atoms with E-state index < -0.39 is 0 Å². The third kappa shape index (κ3) is 11.1. The number of rotatable bonds is 15. The van der Waals surface area contributed by atoms with Gasteiger partial charge in [-0.15, -0.1) is 0 Å². The number of halogens is 3. The molecule has 0 aromatic heterocycles. The van der Waals surface area contributed by atoms with E-state index in [1.165, 1.54) is 44.9 Å². The summed E-state index contributed by atoms with van der Waals surface area (Å²) in [4.78, 5) is 21.8. The van der Waals surface area contributed by atoms with Gasteiger partial charge in [0.1, 0.15) is 6.29 Å². The van der Waals surface area contributed by atoms with Crippen LogP contribution in [-0.2, 0) is 9.59 Å². The Kier molecular flexibility index (Phi) is 13.2. The predicted octanol–water partition coefficient (Wildman–Crippen LogP) is 7.43. The lowest BCUT2D eigenvalue weighted by Gasteiger charge is -2.27. The molecular weight excluding hydrogens is 467 g/mol. The maximum absolute atomic E-state index is 11.3. The van der Waals surface area contributed by atoms with Gasteiger partial charge >= 0.3 is 0 Å². The van der Waals surface area contributed by atoms with Gasteiger partial charge < -0.3 is 4.79 Å². The van der Waals surface area contributed by atoms with Gasteiger partial charge in [0.25, 0.3) is 0 Å². The van der Waals surface area contributed by atoms with Gasteiger partial charge in [-0.3, -0.25) is 4.79 Å². The summed E-state index contributed by atoms with van der Waals surface area (Å²) in [6, 6.07) is 0. The highest BCUT2D eigenvalue weighted by atomic mass is 79.9. The molecule has 0 saturated heterocycles. The van der Waals surface area contributed by atoms with Gasteiger partial charge in [-0.25, -0.2) is 0 Å². The molecule has 2 nitrogen and oxygen atoms in total. The van der Waals surface area contributed by atoms with Crippen LogP contribution in [0.4, 0.5) is 0 Å². The summed E-state index contributed by atoms with van der Waals surface area (Å²) in [6.45, 7) is 8.49. The van der Waals surface area contributed by atoms with Gasteiger partial charge in [0.2, 0.25) is 5.24 Å². The Morgan fingerprint density at radius 2 is 1.20 bits per heavy atom. The molecule has 5 heteroatoms. The van der Waals surface area contributed by atoms with Crippen LogP contribution in [-0.4, -0.2) is 21.2 Å². The number of aldehydes is 1. The van der Waals surface area contributed by atoms with E-state index in [4.69, 9.17) is 11.6 Å². The van der Waals surface area contributed by atoms with E-state index in [1.54, 1.807) is 0 Å². The van der Waals surface area contributed by atoms with Crippen molar-refractivity contribution in [2.75, 3.05) is 0 Å². The van der Waals surface area contributed by atoms with Gasteiger partial charge in [-0.2, -0.15) is 0 Å². The van der Waals surface area contributed by atoms with Crippen LogP contribution in [0.2, 0.25) is 0 Å². The Labute approximate surface area is 176 Å². The van der Waals surface area contributed by atoms with Crippen LogP contribution in [0.5, 0.6) is 0 Å². The molecule has 2 unspecified atom stereocenters. The lowest BCUT2D eigenvalue weighted by atomic mass is 9.83. The zero-order valence-electron chi connectivity index (χ0n) is 16.3. The van der Waals surface area contributed by atoms with Crippen molar-refractivity contribution in [2.45, 2.75) is 102 Å². The molecule has 0 aliphatic heterocycles. The fourth-order valence-electron chi connectivity index (χ4n) is 2.98. The Bertz CT molecular complexity index is 397. The Morgan fingerprint density at radius 1 is 0.840 bits per heavy atom. The van der Waals surface area contributed by atoms with Crippen LogP contribution in [0.15, 0.2) is 0 Å². The quantitative estimate of drug-likeness (QED) is 0.101. The normalized spacial score (nSPS) is 15.0. The average molecular weight is 503 g/mol. The van der Waals surface area contributed by atoms with Gasteiger partial charge in [0.05, 0.1) is 9.65 Å². The van der Waals surface area contributed by atoms with Gasteiger partial charge in [0, 0.05) is 0 Å². The monoisotopic (exact) mass is 500 g/mol. The SMILES string of the molecule is CC(C)(CCCCCCCCCCC(C)(C)C(Br)C(=O)Cl)C(Br)C=O. The molecule has 0 aliphatic carbocycles. The Balaban J connectivity index is 3.63. The van der Waals surface area contributed by atoms with Crippen LogP contribution < -0.4 is 0 Å². The molecule has 0 fully saturated rings. The smallest absolute Gasteiger partial charge is 0.235 e. The first-order chi connectivity index (χ1) is 11.5. The molecule has 0 bridgehead atoms. The molecule has 0 spiro atoms. The maximum Gasteiger partial charge on any atom is 0.235 e. The second kappa shape index (κ2) is 12.9. The number of unbranched alkanes of at least 4 members (excludes halogenated alkanes) is 7. The second-order valence-electron chi connectivity index (χ2n) is 8.51. The van der Waals surface area contributed by atoms with E-state index in [2.05, 4.69) is 59.6 Å². The molecule has 0 amide bonds. The van der Waals surface area contributed by atoms with Crippen molar-refractivity contribution in [1.82, 2.24) is 0 Å². The van der Waals surface area contributed by atoms with Crippen molar-refractivity contribution in [3.05, 3.63) is 0 Å². The number of hydrogen-bond donors (Lipinski definition) is 0. The van der Waals surface area contributed by atoms with E-state index in [0.717, 1.165) is 25.5 Å². The molecule has 0 heterocycles. The summed E-state index contributed by atoms with van der Waals surface area (Å²) < 4.78 is 0. The highest BCUT2D eigenvalue weighted by molar-refractivity contribution is 9.10. The molecule has 25 heavy (non-hydrogen) atoms. The zero-order valence-corrected chi connectivity index (χ0v) is 20.2. The van der Waals surface area contributed by atoms with Crippen molar-refractivity contribution in [3.63, 3.8) is 0 Å². The molecule has 2 atom stereocenters. The van der Waals surface area contributed by atoms with Crippen LogP contribution in [0.25, 0.3) is 0 Å². The predicted molar refractivity (Wildman–Crippen MR) is 116 cm³/mol. The van der Waals surface area contributed by atoms with E-state index in [9.17, 15) is 9.59 Å². The fourth-order valence-corrected chi connectivity index (χ4v) is 3.73. The van der Waals surface area contributed by atoms with Gasteiger partial charge in [-0.1, -0.05) is 111 Å². The first-order valence-corrected chi connectivity index (χ1v) is 11.7. The van der Waals surface area contributed by atoms with E-state index in [1.807, 2.05) is 0 Å². The first kappa shape index (κ1) is 25.6. The molecular formula is C20H35Br2ClO2. The highest BCUT2D eigenvalue weighted by Gasteiger charge is 2.31. The average Bonchev–Trinajstić information content (AvgIpc) is 2.54. The summed E-state index contributed by atoms with van der Waals surface area (Å²) in [5, 5.41) is -0.299. The highest BCUT2D eigenvalue weighted by Crippen LogP contribution is 2.34. The molecule has 0 aromatic carbocycles. The molecule has 0 aromatic rings. The lowest BCUT2D eigenvalue weighted by molar-refractivity contribution is -0.112. The molecule has 0 aliphatic rings. The van der Waals surface area contributed by atoms with Crippen LogP contribution >= 0.6 is 43.5 Å². The lowest BCUT2D eigenvalue weighted by Crippen LogP contribution is -2.28. The first-order valence-electron chi connectivity index (χ1n) is 9.47. The number of alkyl halides is 2. The standard InChI is InChI=1S/C20H35Br2ClO2/c1-19(2,16(21)15-24)13-11-9-7-5-6-8-10-12-14-20(3,4)17(22)18(23)25/h15-17H,5-14H2,1-4H3. The number of hydrogen-bond acceptors (Lipinski definition) is 2. The van der Waals surface area contributed by atoms with Crippen LogP contribution in [0.1, 0.15) is 91.9 Å². The minimum absolute atomic E-state index is 0.0440. The second-order valence-corrected chi connectivity index (χ2v) is 10.8. The zero-order chi connectivity index (χ0) is 19.5. The van der Waals surface area contributed by atoms with Crippen LogP contribution in [0.3, 0.4) is 0 Å². The maximum atomic E-state index is 11.3.